The molecule has 0 aliphatic heterocycles. The molecule has 10 nitrogen and oxygen atoms in total. The van der Waals surface area contributed by atoms with Gasteiger partial charge in [0.05, 0.1) is 13.2 Å². The maximum Gasteiger partial charge on any atom is 0.266 e. The Balaban J connectivity index is 1.75. The molecule has 42 heavy (non-hydrogen) atoms. The van der Waals surface area contributed by atoms with Gasteiger partial charge in [-0.15, -0.1) is 0 Å². The largest absolute Gasteiger partial charge is 0.374 e. The van der Waals surface area contributed by atoms with Gasteiger partial charge < -0.3 is 20.7 Å². The monoisotopic (exact) mass is 574 g/mol. The van der Waals surface area contributed by atoms with Gasteiger partial charge in [-0.05, 0) is 42.0 Å². The van der Waals surface area contributed by atoms with E-state index in [4.69, 9.17) is 4.74 Å². The normalized spacial score (nSPS) is 12.8. The van der Waals surface area contributed by atoms with Crippen molar-refractivity contribution in [1.29, 1.82) is 0 Å². The summed E-state index contributed by atoms with van der Waals surface area (Å²) < 4.78 is 5.71. The quantitative estimate of drug-likeness (QED) is 0.139. The van der Waals surface area contributed by atoms with Crippen LogP contribution < -0.4 is 21.4 Å². The standard InChI is InChI=1S/C32H38N4O6/c1-22-11-9-10-16-26(22)19-28(32(40)36-41)35-30(38)27(18-17-24-12-5-3-6-13-24)34-31(39)29(33-23(2)37)21-42-20-25-14-7-4-8-15-25/h3-16,27-29,41H,17-21H2,1-2H3,(H,33,37)(H,34,39)(H,35,38)(H,36,40)/t27-,28-,29+/m1/s1. The number of benzene rings is 3. The van der Waals surface area contributed by atoms with Crippen LogP contribution in [-0.4, -0.2) is 53.6 Å². The van der Waals surface area contributed by atoms with Crippen LogP contribution in [0.4, 0.5) is 0 Å². The van der Waals surface area contributed by atoms with Gasteiger partial charge in [0.2, 0.25) is 17.7 Å². The maximum atomic E-state index is 13.5. The second kappa shape index (κ2) is 16.7. The van der Waals surface area contributed by atoms with Crippen LogP contribution in [0.3, 0.4) is 0 Å². The number of carbonyl (C=O) groups excluding carboxylic acids is 4. The second-order valence-electron chi connectivity index (χ2n) is 10.0. The maximum absolute atomic E-state index is 13.5. The van der Waals surface area contributed by atoms with Gasteiger partial charge in [0.25, 0.3) is 5.91 Å². The lowest BCUT2D eigenvalue weighted by molar-refractivity contribution is -0.136. The molecule has 4 amide bonds. The summed E-state index contributed by atoms with van der Waals surface area (Å²) >= 11 is 0. The number of ether oxygens (including phenoxy) is 1. The highest BCUT2D eigenvalue weighted by Crippen LogP contribution is 2.12. The fraction of sp³-hybridized carbons (Fsp3) is 0.312. The minimum Gasteiger partial charge on any atom is -0.374 e. The molecule has 0 heterocycles. The first-order valence-electron chi connectivity index (χ1n) is 13.8. The van der Waals surface area contributed by atoms with Crippen molar-refractivity contribution in [2.45, 2.75) is 57.8 Å². The number of hydroxylamine groups is 1. The molecule has 3 rings (SSSR count). The lowest BCUT2D eigenvalue weighted by Crippen LogP contribution is -2.57. The molecule has 3 aromatic rings. The van der Waals surface area contributed by atoms with E-state index in [9.17, 15) is 24.4 Å². The third-order valence-electron chi connectivity index (χ3n) is 6.72. The van der Waals surface area contributed by atoms with Crippen LogP contribution in [0.2, 0.25) is 0 Å². The van der Waals surface area contributed by atoms with E-state index in [0.29, 0.717) is 6.42 Å². The van der Waals surface area contributed by atoms with Crippen molar-refractivity contribution >= 4 is 23.6 Å². The van der Waals surface area contributed by atoms with Gasteiger partial charge in [0, 0.05) is 13.3 Å². The molecule has 0 bridgehead atoms. The van der Waals surface area contributed by atoms with E-state index < -0.39 is 41.8 Å². The number of aryl methyl sites for hydroxylation is 2. The lowest BCUT2D eigenvalue weighted by atomic mass is 9.99. The first-order valence-corrected chi connectivity index (χ1v) is 13.8. The molecule has 5 N–H and O–H groups in total. The highest BCUT2D eigenvalue weighted by molar-refractivity contribution is 5.94. The van der Waals surface area contributed by atoms with Gasteiger partial charge in [-0.2, -0.15) is 0 Å². The minimum atomic E-state index is -1.10. The van der Waals surface area contributed by atoms with Gasteiger partial charge in [0.15, 0.2) is 0 Å². The number of amides is 4. The van der Waals surface area contributed by atoms with Gasteiger partial charge in [-0.3, -0.25) is 24.4 Å². The van der Waals surface area contributed by atoms with Crippen LogP contribution in [0, 0.1) is 6.92 Å². The zero-order valence-electron chi connectivity index (χ0n) is 23.8. The fourth-order valence-corrected chi connectivity index (χ4v) is 4.41. The van der Waals surface area contributed by atoms with E-state index in [2.05, 4.69) is 16.0 Å². The summed E-state index contributed by atoms with van der Waals surface area (Å²) in [6.45, 7) is 3.30. The third-order valence-corrected chi connectivity index (χ3v) is 6.72. The molecule has 222 valence electrons. The van der Waals surface area contributed by atoms with Crippen molar-refractivity contribution < 1.29 is 29.1 Å². The Kier molecular flexibility index (Phi) is 12.7. The number of hydrogen-bond acceptors (Lipinski definition) is 6. The molecule has 0 aromatic heterocycles. The molecule has 0 fully saturated rings. The number of rotatable bonds is 15. The van der Waals surface area contributed by atoms with Crippen molar-refractivity contribution in [3.8, 4) is 0 Å². The van der Waals surface area contributed by atoms with Crippen LogP contribution in [-0.2, 0) is 43.4 Å². The zero-order chi connectivity index (χ0) is 30.3. The molecule has 3 atom stereocenters. The van der Waals surface area contributed by atoms with Crippen LogP contribution in [0.1, 0.15) is 35.6 Å². The van der Waals surface area contributed by atoms with Crippen LogP contribution in [0.15, 0.2) is 84.9 Å². The molecular weight excluding hydrogens is 536 g/mol. The minimum absolute atomic E-state index is 0.115. The molecule has 0 aliphatic carbocycles. The number of nitrogens with one attached hydrogen (secondary N) is 4. The fourth-order valence-electron chi connectivity index (χ4n) is 4.41. The van der Waals surface area contributed by atoms with Crippen molar-refractivity contribution in [3.05, 3.63) is 107 Å². The summed E-state index contributed by atoms with van der Waals surface area (Å²) in [7, 11) is 0. The highest BCUT2D eigenvalue weighted by Gasteiger charge is 2.30. The summed E-state index contributed by atoms with van der Waals surface area (Å²) in [6, 6.07) is 23.1. The summed E-state index contributed by atoms with van der Waals surface area (Å²) in [4.78, 5) is 51.3. The smallest absolute Gasteiger partial charge is 0.266 e. The van der Waals surface area contributed by atoms with E-state index in [-0.39, 0.29) is 26.1 Å². The van der Waals surface area contributed by atoms with E-state index >= 15 is 0 Å². The molecule has 3 aromatic carbocycles. The zero-order valence-corrected chi connectivity index (χ0v) is 23.8. The molecule has 0 saturated heterocycles. The molecule has 0 spiro atoms. The SMILES string of the molecule is CC(=O)N[C@@H](COCc1ccccc1)C(=O)N[C@H](CCc1ccccc1)C(=O)N[C@H](Cc1ccccc1C)C(=O)NO. The Labute approximate surface area is 245 Å². The van der Waals surface area contributed by atoms with Crippen molar-refractivity contribution in [2.75, 3.05) is 6.61 Å². The Morgan fingerprint density at radius 3 is 1.90 bits per heavy atom. The predicted molar refractivity (Wildman–Crippen MR) is 157 cm³/mol. The van der Waals surface area contributed by atoms with Crippen molar-refractivity contribution in [1.82, 2.24) is 21.4 Å². The second-order valence-corrected chi connectivity index (χ2v) is 10.0. The molecule has 0 saturated carbocycles. The Hall–Kier alpha value is -4.54. The van der Waals surface area contributed by atoms with Gasteiger partial charge >= 0.3 is 0 Å². The van der Waals surface area contributed by atoms with E-state index in [1.54, 1.807) is 5.48 Å². The average Bonchev–Trinajstić information content (AvgIpc) is 2.99. The van der Waals surface area contributed by atoms with Crippen molar-refractivity contribution in [2.24, 2.45) is 0 Å². The Morgan fingerprint density at radius 2 is 1.29 bits per heavy atom. The van der Waals surface area contributed by atoms with E-state index in [1.165, 1.54) is 6.92 Å². The molecular formula is C32H38N4O6. The van der Waals surface area contributed by atoms with E-state index in [1.807, 2.05) is 91.9 Å². The third kappa shape index (κ3) is 10.5. The summed E-state index contributed by atoms with van der Waals surface area (Å²) in [5.74, 6) is -2.42. The average molecular weight is 575 g/mol. The predicted octanol–water partition coefficient (Wildman–Crippen LogP) is 2.37. The van der Waals surface area contributed by atoms with Gasteiger partial charge in [-0.1, -0.05) is 84.9 Å². The Morgan fingerprint density at radius 1 is 0.714 bits per heavy atom. The van der Waals surface area contributed by atoms with Crippen LogP contribution in [0.25, 0.3) is 0 Å². The molecule has 0 radical (unpaired) electrons. The number of carbonyl (C=O) groups is 4. The molecule has 0 aliphatic rings. The first-order chi connectivity index (χ1) is 20.3. The Bertz CT molecular complexity index is 1320. The molecule has 0 unspecified atom stereocenters. The van der Waals surface area contributed by atoms with Crippen LogP contribution >= 0.6 is 0 Å². The van der Waals surface area contributed by atoms with E-state index in [0.717, 1.165) is 22.3 Å². The van der Waals surface area contributed by atoms with Crippen LogP contribution in [0.5, 0.6) is 0 Å². The van der Waals surface area contributed by atoms with Gasteiger partial charge in [0.1, 0.15) is 18.1 Å². The first kappa shape index (κ1) is 32.0. The summed E-state index contributed by atoms with van der Waals surface area (Å²) in [5.41, 5.74) is 5.22. The highest BCUT2D eigenvalue weighted by atomic mass is 16.5. The summed E-state index contributed by atoms with van der Waals surface area (Å²) in [5, 5.41) is 17.4. The lowest BCUT2D eigenvalue weighted by Gasteiger charge is -2.25. The summed E-state index contributed by atoms with van der Waals surface area (Å²) in [6.07, 6.45) is 0.812. The number of hydrogen-bond donors (Lipinski definition) is 5. The molecule has 10 heteroatoms. The van der Waals surface area contributed by atoms with Gasteiger partial charge in [-0.25, -0.2) is 5.48 Å². The topological polar surface area (TPSA) is 146 Å². The van der Waals surface area contributed by atoms with Crippen molar-refractivity contribution in [3.63, 3.8) is 0 Å².